The van der Waals surface area contributed by atoms with Crippen LogP contribution in [-0.2, 0) is 14.4 Å². The Bertz CT molecular complexity index is 924. The van der Waals surface area contributed by atoms with Gasteiger partial charge in [-0.15, -0.1) is 0 Å². The number of halogens is 2. The highest BCUT2D eigenvalue weighted by Gasteiger charge is 2.15. The van der Waals surface area contributed by atoms with Gasteiger partial charge in [-0.1, -0.05) is 18.6 Å². The summed E-state index contributed by atoms with van der Waals surface area (Å²) in [6, 6.07) is 8.66. The molecular weight excluding hydrogens is 415 g/mol. The molecule has 2 rings (SSSR count). The number of benzene rings is 1. The van der Waals surface area contributed by atoms with Gasteiger partial charge in [0.1, 0.15) is 11.6 Å². The zero-order valence-electron chi connectivity index (χ0n) is 16.4. The molecule has 0 aliphatic carbocycles. The molecular formula is C21H22ClFN2O5. The zero-order valence-corrected chi connectivity index (χ0v) is 17.1. The highest BCUT2D eigenvalue weighted by Crippen LogP contribution is 2.22. The zero-order chi connectivity index (χ0) is 22.1. The quantitative estimate of drug-likeness (QED) is 0.267. The lowest BCUT2D eigenvalue weighted by Crippen LogP contribution is -2.31. The molecule has 2 aromatic rings. The summed E-state index contributed by atoms with van der Waals surface area (Å²) < 4.78 is 18.5. The smallest absolute Gasteiger partial charge is 0.253 e. The molecule has 30 heavy (non-hydrogen) atoms. The lowest BCUT2D eigenvalue weighted by molar-refractivity contribution is -0.177. The van der Waals surface area contributed by atoms with Crippen molar-refractivity contribution in [3.05, 3.63) is 58.8 Å². The fourth-order valence-corrected chi connectivity index (χ4v) is 2.77. The molecule has 1 heterocycles. The van der Waals surface area contributed by atoms with E-state index in [1.807, 2.05) is 0 Å². The highest BCUT2D eigenvalue weighted by atomic mass is 35.5. The molecule has 0 spiro atoms. The average Bonchev–Trinajstić information content (AvgIpc) is 3.13. The Hall–Kier alpha value is -2.97. The number of unbranched alkanes of at least 4 members (excludes halogenated alkanes) is 2. The van der Waals surface area contributed by atoms with Crippen LogP contribution in [0.4, 0.5) is 4.39 Å². The van der Waals surface area contributed by atoms with Gasteiger partial charge in [-0.3, -0.25) is 19.6 Å². The van der Waals surface area contributed by atoms with E-state index in [1.165, 1.54) is 30.3 Å². The Morgan fingerprint density at radius 2 is 1.83 bits per heavy atom. The molecule has 0 atom stereocenters. The van der Waals surface area contributed by atoms with Crippen LogP contribution < -0.4 is 5.32 Å². The van der Waals surface area contributed by atoms with Crippen LogP contribution in [0.1, 0.15) is 43.9 Å². The van der Waals surface area contributed by atoms with Crippen LogP contribution in [0.15, 0.2) is 40.8 Å². The summed E-state index contributed by atoms with van der Waals surface area (Å²) in [5.41, 5.74) is 0.799. The van der Waals surface area contributed by atoms with Gasteiger partial charge in [0.15, 0.2) is 5.22 Å². The monoisotopic (exact) mass is 436 g/mol. The van der Waals surface area contributed by atoms with Gasteiger partial charge in [-0.2, -0.15) is 5.06 Å². The number of hydrogen-bond acceptors (Lipinski definition) is 5. The Balaban J connectivity index is 1.91. The first-order chi connectivity index (χ1) is 14.3. The third kappa shape index (κ3) is 7.13. The second-order valence-corrected chi connectivity index (χ2v) is 6.87. The maximum absolute atomic E-state index is 13.2. The number of imide groups is 1. The van der Waals surface area contributed by atoms with Gasteiger partial charge in [0.2, 0.25) is 5.91 Å². The number of hydrogen-bond donors (Lipinski definition) is 2. The summed E-state index contributed by atoms with van der Waals surface area (Å²) in [6.07, 6.45) is 3.22. The summed E-state index contributed by atoms with van der Waals surface area (Å²) in [5, 5.41) is 12.3. The summed E-state index contributed by atoms with van der Waals surface area (Å²) >= 11 is 5.77. The van der Waals surface area contributed by atoms with E-state index in [2.05, 4.69) is 5.32 Å². The molecule has 160 valence electrons. The highest BCUT2D eigenvalue weighted by molar-refractivity contribution is 6.29. The SMILES string of the molecule is CC(=O)N(O)C(=O)CCCCCNC(=O)/C(=C\c1ccc(Cl)o1)c1ccc(F)cc1. The van der Waals surface area contributed by atoms with Crippen molar-refractivity contribution in [3.63, 3.8) is 0 Å². The number of hydroxylamine groups is 2. The predicted octanol–water partition coefficient (Wildman–Crippen LogP) is 4.05. The lowest BCUT2D eigenvalue weighted by atomic mass is 10.0. The van der Waals surface area contributed by atoms with Gasteiger partial charge in [0.25, 0.3) is 11.8 Å². The topological polar surface area (TPSA) is 99.9 Å². The van der Waals surface area contributed by atoms with Crippen molar-refractivity contribution in [1.29, 1.82) is 0 Å². The summed E-state index contributed by atoms with van der Waals surface area (Å²) in [7, 11) is 0. The molecule has 0 aliphatic rings. The maximum Gasteiger partial charge on any atom is 0.253 e. The van der Waals surface area contributed by atoms with E-state index in [9.17, 15) is 24.0 Å². The molecule has 3 amide bonds. The molecule has 0 bridgehead atoms. The Kier molecular flexibility index (Phi) is 8.76. The van der Waals surface area contributed by atoms with Crippen LogP contribution in [0.25, 0.3) is 11.6 Å². The molecule has 2 N–H and O–H groups in total. The van der Waals surface area contributed by atoms with Crippen molar-refractivity contribution in [1.82, 2.24) is 10.4 Å². The molecule has 0 fully saturated rings. The van der Waals surface area contributed by atoms with Crippen molar-refractivity contribution in [2.75, 3.05) is 6.54 Å². The van der Waals surface area contributed by atoms with Gasteiger partial charge in [0, 0.05) is 19.9 Å². The number of amides is 3. The van der Waals surface area contributed by atoms with E-state index in [0.717, 1.165) is 6.92 Å². The predicted molar refractivity (Wildman–Crippen MR) is 109 cm³/mol. The molecule has 7 nitrogen and oxygen atoms in total. The third-order valence-electron chi connectivity index (χ3n) is 4.17. The van der Waals surface area contributed by atoms with Crippen molar-refractivity contribution < 1.29 is 28.4 Å². The fourth-order valence-electron chi connectivity index (χ4n) is 2.61. The van der Waals surface area contributed by atoms with Gasteiger partial charge in [-0.05, 0) is 60.3 Å². The van der Waals surface area contributed by atoms with E-state index < -0.39 is 17.6 Å². The standard InChI is InChI=1S/C21H22ClFN2O5/c1-14(26)25(29)20(27)5-3-2-4-12-24-21(28)18(13-17-10-11-19(22)30-17)15-6-8-16(23)9-7-15/h6-11,13,29H,2-5,12H2,1H3,(H,24,28)/b18-13-. The Morgan fingerprint density at radius 1 is 1.13 bits per heavy atom. The van der Waals surface area contributed by atoms with Gasteiger partial charge >= 0.3 is 0 Å². The second-order valence-electron chi connectivity index (χ2n) is 6.50. The lowest BCUT2D eigenvalue weighted by Gasteiger charge is -2.11. The largest absolute Gasteiger partial charge is 0.445 e. The third-order valence-corrected chi connectivity index (χ3v) is 4.37. The maximum atomic E-state index is 13.2. The molecule has 9 heteroatoms. The minimum atomic E-state index is -0.731. The average molecular weight is 437 g/mol. The van der Waals surface area contributed by atoms with E-state index >= 15 is 0 Å². The first-order valence-electron chi connectivity index (χ1n) is 9.31. The normalized spacial score (nSPS) is 11.3. The van der Waals surface area contributed by atoms with Crippen LogP contribution in [-0.4, -0.2) is 34.5 Å². The molecule has 0 unspecified atom stereocenters. The van der Waals surface area contributed by atoms with Crippen molar-refractivity contribution in [3.8, 4) is 0 Å². The van der Waals surface area contributed by atoms with Crippen LogP contribution in [0.5, 0.6) is 0 Å². The molecule has 0 radical (unpaired) electrons. The minimum Gasteiger partial charge on any atom is -0.445 e. The minimum absolute atomic E-state index is 0.0318. The fraction of sp³-hybridized carbons (Fsp3) is 0.286. The first kappa shape index (κ1) is 23.3. The number of nitrogens with one attached hydrogen (secondary N) is 1. The number of nitrogens with zero attached hydrogens (tertiary/aromatic N) is 1. The summed E-state index contributed by atoms with van der Waals surface area (Å²) in [5.74, 6) is -1.80. The number of rotatable bonds is 9. The van der Waals surface area contributed by atoms with Crippen LogP contribution >= 0.6 is 11.6 Å². The molecule has 1 aromatic heterocycles. The van der Waals surface area contributed by atoms with Crippen LogP contribution in [0, 0.1) is 5.82 Å². The van der Waals surface area contributed by atoms with E-state index in [0.29, 0.717) is 37.1 Å². The number of carbonyl (C=O) groups excluding carboxylic acids is 3. The van der Waals surface area contributed by atoms with Crippen molar-refractivity contribution in [2.45, 2.75) is 32.6 Å². The molecule has 0 saturated carbocycles. The van der Waals surface area contributed by atoms with Crippen LogP contribution in [0.3, 0.4) is 0 Å². The van der Waals surface area contributed by atoms with Crippen LogP contribution in [0.2, 0.25) is 5.22 Å². The second kappa shape index (κ2) is 11.3. The van der Waals surface area contributed by atoms with E-state index in [-0.39, 0.29) is 28.2 Å². The van der Waals surface area contributed by atoms with E-state index in [4.69, 9.17) is 16.0 Å². The van der Waals surface area contributed by atoms with Crippen molar-refractivity contribution >= 4 is 41.0 Å². The summed E-state index contributed by atoms with van der Waals surface area (Å²) in [6.45, 7) is 1.44. The van der Waals surface area contributed by atoms with Gasteiger partial charge < -0.3 is 9.73 Å². The molecule has 1 aromatic carbocycles. The Labute approximate surface area is 178 Å². The molecule has 0 saturated heterocycles. The Morgan fingerprint density at radius 3 is 2.43 bits per heavy atom. The van der Waals surface area contributed by atoms with Crippen molar-refractivity contribution in [2.24, 2.45) is 0 Å². The number of furan rings is 1. The summed E-state index contributed by atoms with van der Waals surface area (Å²) in [4.78, 5) is 35.1. The number of carbonyl (C=O) groups is 3. The van der Waals surface area contributed by atoms with Gasteiger partial charge in [-0.25, -0.2) is 4.39 Å². The van der Waals surface area contributed by atoms with E-state index in [1.54, 1.807) is 12.1 Å². The first-order valence-corrected chi connectivity index (χ1v) is 9.69. The molecule has 0 aliphatic heterocycles. The van der Waals surface area contributed by atoms with Gasteiger partial charge in [0.05, 0.1) is 5.57 Å².